The van der Waals surface area contributed by atoms with E-state index in [0.717, 1.165) is 38.9 Å². The Morgan fingerprint density at radius 3 is 2.35 bits per heavy atom. The smallest absolute Gasteiger partial charge is 0.104 e. The SMILES string of the molecule is CC(C)(O)c1cccc(C(O)c2cccc(C=Cc3ccc4ccc(Cl)cc4n3)c2)c1. The molecular formula is C27H24ClNO2. The highest BCUT2D eigenvalue weighted by molar-refractivity contribution is 6.31. The van der Waals surface area contributed by atoms with Gasteiger partial charge < -0.3 is 10.2 Å². The summed E-state index contributed by atoms with van der Waals surface area (Å²) in [5.41, 5.74) is 3.98. The lowest BCUT2D eigenvalue weighted by Gasteiger charge is -2.20. The largest absolute Gasteiger partial charge is 0.386 e. The number of halogens is 1. The standard InChI is InChI=1S/C27H24ClNO2/c1-27(2,31)22-8-4-7-21(16-22)26(30)20-6-3-5-18(15-20)9-13-24-14-11-19-10-12-23(28)17-25(19)29-24/h3-17,26,30-31H,1-2H3. The second-order valence-electron chi connectivity index (χ2n) is 8.16. The van der Waals surface area contributed by atoms with Crippen molar-refractivity contribution in [2.24, 2.45) is 0 Å². The van der Waals surface area contributed by atoms with Crippen LogP contribution in [0.15, 0.2) is 78.9 Å². The number of pyridine rings is 1. The van der Waals surface area contributed by atoms with Gasteiger partial charge in [-0.25, -0.2) is 4.98 Å². The van der Waals surface area contributed by atoms with Gasteiger partial charge in [-0.1, -0.05) is 72.3 Å². The molecule has 3 nitrogen and oxygen atoms in total. The van der Waals surface area contributed by atoms with Crippen molar-refractivity contribution >= 4 is 34.7 Å². The lowest BCUT2D eigenvalue weighted by atomic mass is 9.93. The molecule has 4 rings (SSSR count). The molecule has 0 spiro atoms. The molecular weight excluding hydrogens is 406 g/mol. The fourth-order valence-electron chi connectivity index (χ4n) is 3.50. The van der Waals surface area contributed by atoms with Crippen molar-refractivity contribution in [3.8, 4) is 0 Å². The lowest BCUT2D eigenvalue weighted by molar-refractivity contribution is 0.0783. The summed E-state index contributed by atoms with van der Waals surface area (Å²) in [4.78, 5) is 4.64. The summed E-state index contributed by atoms with van der Waals surface area (Å²) in [6.07, 6.45) is 3.14. The van der Waals surface area contributed by atoms with Gasteiger partial charge in [-0.2, -0.15) is 0 Å². The summed E-state index contributed by atoms with van der Waals surface area (Å²) >= 11 is 6.08. The minimum absolute atomic E-state index is 0.663. The average molecular weight is 430 g/mol. The van der Waals surface area contributed by atoms with Crippen molar-refractivity contribution in [1.29, 1.82) is 0 Å². The first-order valence-corrected chi connectivity index (χ1v) is 10.5. The molecule has 2 N–H and O–H groups in total. The van der Waals surface area contributed by atoms with Crippen LogP contribution >= 0.6 is 11.6 Å². The van der Waals surface area contributed by atoms with Gasteiger partial charge in [-0.3, -0.25) is 0 Å². The Morgan fingerprint density at radius 2 is 1.58 bits per heavy atom. The molecule has 3 aromatic carbocycles. The first-order chi connectivity index (χ1) is 14.8. The van der Waals surface area contributed by atoms with E-state index in [1.165, 1.54) is 0 Å². The highest BCUT2D eigenvalue weighted by Crippen LogP contribution is 2.27. The molecule has 0 aliphatic heterocycles. The minimum Gasteiger partial charge on any atom is -0.386 e. The number of hydrogen-bond donors (Lipinski definition) is 2. The molecule has 0 saturated carbocycles. The van der Waals surface area contributed by atoms with E-state index in [1.807, 2.05) is 91.0 Å². The molecule has 1 atom stereocenters. The van der Waals surface area contributed by atoms with Gasteiger partial charge in [0.05, 0.1) is 16.8 Å². The molecule has 0 fully saturated rings. The average Bonchev–Trinajstić information content (AvgIpc) is 2.76. The molecule has 1 unspecified atom stereocenters. The van der Waals surface area contributed by atoms with Crippen molar-refractivity contribution in [2.75, 3.05) is 0 Å². The van der Waals surface area contributed by atoms with Crippen molar-refractivity contribution in [1.82, 2.24) is 4.98 Å². The van der Waals surface area contributed by atoms with Crippen LogP contribution in [0.25, 0.3) is 23.1 Å². The minimum atomic E-state index is -0.961. The lowest BCUT2D eigenvalue weighted by Crippen LogP contribution is -2.16. The number of fused-ring (bicyclic) bond motifs is 1. The third-order valence-corrected chi connectivity index (χ3v) is 5.49. The molecule has 1 heterocycles. The fraction of sp³-hybridized carbons (Fsp3) is 0.148. The summed E-state index contributed by atoms with van der Waals surface area (Å²) in [5, 5.41) is 22.9. The second kappa shape index (κ2) is 8.64. The number of aromatic nitrogens is 1. The van der Waals surface area contributed by atoms with E-state index in [1.54, 1.807) is 13.8 Å². The summed E-state index contributed by atoms with van der Waals surface area (Å²) in [6.45, 7) is 3.47. The molecule has 156 valence electrons. The van der Waals surface area contributed by atoms with Crippen molar-refractivity contribution in [3.05, 3.63) is 112 Å². The van der Waals surface area contributed by atoms with E-state index in [0.29, 0.717) is 5.02 Å². The van der Waals surface area contributed by atoms with Gasteiger partial charge in [0.15, 0.2) is 0 Å². The van der Waals surface area contributed by atoms with Crippen LogP contribution in [0.1, 0.15) is 47.9 Å². The summed E-state index contributed by atoms with van der Waals surface area (Å²) in [6, 6.07) is 24.8. The van der Waals surface area contributed by atoms with Crippen LogP contribution in [-0.2, 0) is 5.60 Å². The Labute approximate surface area is 187 Å². The van der Waals surface area contributed by atoms with Crippen LogP contribution in [0.5, 0.6) is 0 Å². The third kappa shape index (κ3) is 5.02. The quantitative estimate of drug-likeness (QED) is 0.387. The Bertz CT molecular complexity index is 1260. The number of benzene rings is 3. The molecule has 4 heteroatoms. The fourth-order valence-corrected chi connectivity index (χ4v) is 3.66. The number of rotatable bonds is 5. The van der Waals surface area contributed by atoms with E-state index in [2.05, 4.69) is 4.98 Å². The zero-order chi connectivity index (χ0) is 22.0. The molecule has 0 aliphatic carbocycles. The molecule has 1 aromatic heterocycles. The number of hydrogen-bond acceptors (Lipinski definition) is 3. The molecule has 0 bridgehead atoms. The summed E-state index contributed by atoms with van der Waals surface area (Å²) in [5.74, 6) is 0. The van der Waals surface area contributed by atoms with E-state index in [4.69, 9.17) is 11.6 Å². The zero-order valence-electron chi connectivity index (χ0n) is 17.5. The van der Waals surface area contributed by atoms with Gasteiger partial charge in [0, 0.05) is 10.4 Å². The van der Waals surface area contributed by atoms with E-state index < -0.39 is 11.7 Å². The predicted molar refractivity (Wildman–Crippen MR) is 128 cm³/mol. The molecule has 0 saturated heterocycles. The van der Waals surface area contributed by atoms with E-state index >= 15 is 0 Å². The second-order valence-corrected chi connectivity index (χ2v) is 8.60. The highest BCUT2D eigenvalue weighted by Gasteiger charge is 2.18. The first kappa shape index (κ1) is 21.3. The van der Waals surface area contributed by atoms with Gasteiger partial charge in [0.25, 0.3) is 0 Å². The van der Waals surface area contributed by atoms with Crippen LogP contribution in [0.2, 0.25) is 5.02 Å². The van der Waals surface area contributed by atoms with Crippen LogP contribution in [-0.4, -0.2) is 15.2 Å². The Morgan fingerprint density at radius 1 is 0.871 bits per heavy atom. The van der Waals surface area contributed by atoms with E-state index in [-0.39, 0.29) is 0 Å². The predicted octanol–water partition coefficient (Wildman–Crippen LogP) is 6.37. The van der Waals surface area contributed by atoms with Crippen molar-refractivity contribution < 1.29 is 10.2 Å². The maximum Gasteiger partial charge on any atom is 0.104 e. The first-order valence-electron chi connectivity index (χ1n) is 10.1. The topological polar surface area (TPSA) is 53.4 Å². The Hall–Kier alpha value is -2.98. The molecule has 0 amide bonds. The Kier molecular flexibility index (Phi) is 5.92. The van der Waals surface area contributed by atoms with Crippen LogP contribution in [0.4, 0.5) is 0 Å². The van der Waals surface area contributed by atoms with Gasteiger partial charge in [-0.05, 0) is 66.4 Å². The maximum atomic E-state index is 10.9. The van der Waals surface area contributed by atoms with Crippen LogP contribution < -0.4 is 0 Å². The molecule has 0 radical (unpaired) electrons. The third-order valence-electron chi connectivity index (χ3n) is 5.26. The molecule has 0 aliphatic rings. The maximum absolute atomic E-state index is 10.9. The monoisotopic (exact) mass is 429 g/mol. The normalized spacial score (nSPS) is 13.1. The van der Waals surface area contributed by atoms with Gasteiger partial charge in [0.2, 0.25) is 0 Å². The van der Waals surface area contributed by atoms with Crippen LogP contribution in [0.3, 0.4) is 0 Å². The van der Waals surface area contributed by atoms with Crippen molar-refractivity contribution in [3.63, 3.8) is 0 Å². The van der Waals surface area contributed by atoms with Crippen molar-refractivity contribution in [2.45, 2.75) is 25.6 Å². The van der Waals surface area contributed by atoms with Crippen LogP contribution in [0, 0.1) is 0 Å². The van der Waals surface area contributed by atoms with Gasteiger partial charge in [-0.15, -0.1) is 0 Å². The van der Waals surface area contributed by atoms with Gasteiger partial charge >= 0.3 is 0 Å². The molecule has 31 heavy (non-hydrogen) atoms. The van der Waals surface area contributed by atoms with Gasteiger partial charge in [0.1, 0.15) is 6.10 Å². The highest BCUT2D eigenvalue weighted by atomic mass is 35.5. The zero-order valence-corrected chi connectivity index (χ0v) is 18.2. The molecule has 4 aromatic rings. The number of nitrogens with zero attached hydrogens (tertiary/aromatic N) is 1. The Balaban J connectivity index is 1.58. The summed E-state index contributed by atoms with van der Waals surface area (Å²) in [7, 11) is 0. The number of aliphatic hydroxyl groups excluding tert-OH is 1. The van der Waals surface area contributed by atoms with E-state index in [9.17, 15) is 10.2 Å². The summed E-state index contributed by atoms with van der Waals surface area (Å²) < 4.78 is 0. The number of aliphatic hydroxyl groups is 2.